The third-order valence-electron chi connectivity index (χ3n) is 3.66. The average Bonchev–Trinajstić information content (AvgIpc) is 3.19. The minimum Gasteiger partial charge on any atom is -0.495 e. The SMILES string of the molecule is COc1ccccc1NC(=O)CSc1nnc(CNC(=O)c2ccc(F)cc2)o1. The number of benzene rings is 2. The van der Waals surface area contributed by atoms with Gasteiger partial charge < -0.3 is 19.8 Å². The van der Waals surface area contributed by atoms with Crippen molar-refractivity contribution in [3.8, 4) is 5.75 Å². The van der Waals surface area contributed by atoms with Gasteiger partial charge in [-0.15, -0.1) is 10.2 Å². The molecular weight excluding hydrogens is 399 g/mol. The molecule has 0 unspecified atom stereocenters. The van der Waals surface area contributed by atoms with Crippen LogP contribution in [-0.2, 0) is 11.3 Å². The number of amides is 2. The van der Waals surface area contributed by atoms with Crippen LogP contribution in [-0.4, -0.2) is 34.9 Å². The Morgan fingerprint density at radius 1 is 1.14 bits per heavy atom. The second-order valence-corrected chi connectivity index (χ2v) is 6.62. The molecule has 3 aromatic rings. The van der Waals surface area contributed by atoms with Gasteiger partial charge in [-0.1, -0.05) is 23.9 Å². The van der Waals surface area contributed by atoms with E-state index in [4.69, 9.17) is 9.15 Å². The van der Waals surface area contributed by atoms with E-state index in [-0.39, 0.29) is 29.3 Å². The van der Waals surface area contributed by atoms with Gasteiger partial charge in [-0.2, -0.15) is 0 Å². The van der Waals surface area contributed by atoms with Crippen molar-refractivity contribution >= 4 is 29.3 Å². The lowest BCUT2D eigenvalue weighted by Crippen LogP contribution is -2.22. The highest BCUT2D eigenvalue weighted by molar-refractivity contribution is 7.99. The maximum atomic E-state index is 12.9. The van der Waals surface area contributed by atoms with Crippen molar-refractivity contribution in [1.82, 2.24) is 15.5 Å². The van der Waals surface area contributed by atoms with E-state index in [1.54, 1.807) is 24.3 Å². The van der Waals surface area contributed by atoms with E-state index in [0.29, 0.717) is 17.0 Å². The Bertz CT molecular complexity index is 994. The highest BCUT2D eigenvalue weighted by atomic mass is 32.2. The predicted molar refractivity (Wildman–Crippen MR) is 104 cm³/mol. The fourth-order valence-electron chi connectivity index (χ4n) is 2.29. The molecule has 0 bridgehead atoms. The van der Waals surface area contributed by atoms with E-state index < -0.39 is 11.7 Å². The maximum absolute atomic E-state index is 12.9. The summed E-state index contributed by atoms with van der Waals surface area (Å²) in [5.41, 5.74) is 0.879. The minimum absolute atomic E-state index is 0.0111. The normalized spacial score (nSPS) is 10.4. The van der Waals surface area contributed by atoms with Crippen LogP contribution >= 0.6 is 11.8 Å². The molecule has 0 fully saturated rings. The molecule has 1 aromatic heterocycles. The summed E-state index contributed by atoms with van der Waals surface area (Å²) in [6.45, 7) is 0.0111. The molecule has 2 N–H and O–H groups in total. The van der Waals surface area contributed by atoms with Crippen LogP contribution in [0, 0.1) is 5.82 Å². The van der Waals surface area contributed by atoms with E-state index in [2.05, 4.69) is 20.8 Å². The van der Waals surface area contributed by atoms with Crippen LogP contribution in [0.2, 0.25) is 0 Å². The largest absolute Gasteiger partial charge is 0.495 e. The van der Waals surface area contributed by atoms with Crippen molar-refractivity contribution in [2.45, 2.75) is 11.8 Å². The van der Waals surface area contributed by atoms with Crippen LogP contribution < -0.4 is 15.4 Å². The summed E-state index contributed by atoms with van der Waals surface area (Å²) in [6.07, 6.45) is 0. The summed E-state index contributed by atoms with van der Waals surface area (Å²) >= 11 is 1.07. The van der Waals surface area contributed by atoms with Crippen LogP contribution in [0.3, 0.4) is 0 Å². The summed E-state index contributed by atoms with van der Waals surface area (Å²) in [6, 6.07) is 12.2. The summed E-state index contributed by atoms with van der Waals surface area (Å²) in [7, 11) is 1.52. The topological polar surface area (TPSA) is 106 Å². The van der Waals surface area contributed by atoms with Gasteiger partial charge in [-0.25, -0.2) is 4.39 Å². The number of carbonyl (C=O) groups is 2. The second kappa shape index (κ2) is 9.69. The number of methoxy groups -OCH3 is 1. The van der Waals surface area contributed by atoms with Crippen molar-refractivity contribution in [3.63, 3.8) is 0 Å². The van der Waals surface area contributed by atoms with Crippen molar-refractivity contribution in [2.24, 2.45) is 0 Å². The predicted octanol–water partition coefficient (Wildman–Crippen LogP) is 2.88. The molecule has 150 valence electrons. The minimum atomic E-state index is -0.421. The Hall–Kier alpha value is -3.40. The molecule has 0 radical (unpaired) electrons. The van der Waals surface area contributed by atoms with Gasteiger partial charge in [0.05, 0.1) is 25.1 Å². The Morgan fingerprint density at radius 3 is 2.66 bits per heavy atom. The van der Waals surface area contributed by atoms with Gasteiger partial charge in [-0.3, -0.25) is 9.59 Å². The molecule has 3 rings (SSSR count). The van der Waals surface area contributed by atoms with Gasteiger partial charge in [0.25, 0.3) is 11.1 Å². The number of carbonyl (C=O) groups excluding carboxylic acids is 2. The van der Waals surface area contributed by atoms with E-state index in [1.165, 1.54) is 31.4 Å². The monoisotopic (exact) mass is 416 g/mol. The number of ether oxygens (including phenoxy) is 1. The highest BCUT2D eigenvalue weighted by Crippen LogP contribution is 2.24. The van der Waals surface area contributed by atoms with E-state index in [9.17, 15) is 14.0 Å². The van der Waals surface area contributed by atoms with E-state index in [1.807, 2.05) is 0 Å². The lowest BCUT2D eigenvalue weighted by molar-refractivity contribution is -0.113. The molecule has 0 saturated heterocycles. The summed E-state index contributed by atoms with van der Waals surface area (Å²) in [5.74, 6) is -0.273. The standard InChI is InChI=1S/C19H17FN4O4S/c1-27-15-5-3-2-4-14(15)22-16(25)11-29-19-24-23-17(28-19)10-21-18(26)12-6-8-13(20)9-7-12/h2-9H,10-11H2,1H3,(H,21,26)(H,22,25). The molecule has 29 heavy (non-hydrogen) atoms. The number of nitrogens with one attached hydrogen (secondary N) is 2. The van der Waals surface area contributed by atoms with Gasteiger partial charge in [-0.05, 0) is 36.4 Å². The first-order valence-electron chi connectivity index (χ1n) is 8.47. The third-order valence-corrected chi connectivity index (χ3v) is 4.48. The number of hydrogen-bond donors (Lipinski definition) is 2. The molecule has 0 spiro atoms. The zero-order valence-corrected chi connectivity index (χ0v) is 16.2. The van der Waals surface area contributed by atoms with E-state index in [0.717, 1.165) is 11.8 Å². The zero-order valence-electron chi connectivity index (χ0n) is 15.3. The smallest absolute Gasteiger partial charge is 0.277 e. The Morgan fingerprint density at radius 2 is 1.90 bits per heavy atom. The molecule has 0 aliphatic heterocycles. The van der Waals surface area contributed by atoms with Crippen LogP contribution in [0.25, 0.3) is 0 Å². The zero-order chi connectivity index (χ0) is 20.6. The summed E-state index contributed by atoms with van der Waals surface area (Å²) in [5, 5.41) is 13.2. The molecule has 1 heterocycles. The summed E-state index contributed by atoms with van der Waals surface area (Å²) in [4.78, 5) is 24.1. The van der Waals surface area contributed by atoms with Crippen LogP contribution in [0.5, 0.6) is 5.75 Å². The number of rotatable bonds is 8. The van der Waals surface area contributed by atoms with Crippen molar-refractivity contribution in [2.75, 3.05) is 18.2 Å². The maximum Gasteiger partial charge on any atom is 0.277 e. The Balaban J connectivity index is 1.47. The molecule has 0 atom stereocenters. The van der Waals surface area contributed by atoms with Gasteiger partial charge >= 0.3 is 0 Å². The van der Waals surface area contributed by atoms with Crippen molar-refractivity contribution in [3.05, 3.63) is 65.8 Å². The van der Waals surface area contributed by atoms with E-state index >= 15 is 0 Å². The number of halogens is 1. The number of hydrogen-bond acceptors (Lipinski definition) is 7. The fraction of sp³-hybridized carbons (Fsp3) is 0.158. The lowest BCUT2D eigenvalue weighted by Gasteiger charge is -2.08. The fourth-order valence-corrected chi connectivity index (χ4v) is 2.87. The number of anilines is 1. The molecule has 0 aliphatic rings. The molecule has 0 aliphatic carbocycles. The third kappa shape index (κ3) is 5.79. The first-order chi connectivity index (χ1) is 14.0. The van der Waals surface area contributed by atoms with Gasteiger partial charge in [0.15, 0.2) is 0 Å². The molecule has 2 aromatic carbocycles. The van der Waals surface area contributed by atoms with Gasteiger partial charge in [0.2, 0.25) is 11.8 Å². The van der Waals surface area contributed by atoms with Crippen LogP contribution in [0.15, 0.2) is 58.2 Å². The van der Waals surface area contributed by atoms with Gasteiger partial charge in [0.1, 0.15) is 11.6 Å². The molecule has 8 nitrogen and oxygen atoms in total. The van der Waals surface area contributed by atoms with Gasteiger partial charge in [0, 0.05) is 5.56 Å². The molecule has 0 saturated carbocycles. The summed E-state index contributed by atoms with van der Waals surface area (Å²) < 4.78 is 23.5. The Labute approximate surface area is 169 Å². The first kappa shape index (κ1) is 20.3. The van der Waals surface area contributed by atoms with Crippen LogP contribution in [0.1, 0.15) is 16.2 Å². The first-order valence-corrected chi connectivity index (χ1v) is 9.45. The molecular formula is C19H17FN4O4S. The second-order valence-electron chi connectivity index (χ2n) is 5.69. The lowest BCUT2D eigenvalue weighted by atomic mass is 10.2. The number of nitrogens with zero attached hydrogens (tertiary/aromatic N) is 2. The van der Waals surface area contributed by atoms with Crippen molar-refractivity contribution in [1.29, 1.82) is 0 Å². The number of para-hydroxylation sites is 2. The number of aromatic nitrogens is 2. The molecule has 2 amide bonds. The quantitative estimate of drug-likeness (QED) is 0.544. The highest BCUT2D eigenvalue weighted by Gasteiger charge is 2.13. The number of thioether (sulfide) groups is 1. The van der Waals surface area contributed by atoms with Crippen molar-refractivity contribution < 1.29 is 23.1 Å². The average molecular weight is 416 g/mol. The Kier molecular flexibility index (Phi) is 6.80. The molecule has 10 heteroatoms. The van der Waals surface area contributed by atoms with Crippen LogP contribution in [0.4, 0.5) is 10.1 Å².